The van der Waals surface area contributed by atoms with Crippen molar-refractivity contribution >= 4 is 5.78 Å². The first kappa shape index (κ1) is 14.2. The normalized spacial score (nSPS) is 10.4. The zero-order valence-corrected chi connectivity index (χ0v) is 12.4. The first-order valence-corrected chi connectivity index (χ1v) is 7.42. The molecule has 0 fully saturated rings. The van der Waals surface area contributed by atoms with Gasteiger partial charge in [-0.25, -0.2) is 0 Å². The quantitative estimate of drug-likeness (QED) is 0.520. The lowest BCUT2D eigenvalue weighted by Crippen LogP contribution is -2.41. The summed E-state index contributed by atoms with van der Waals surface area (Å²) in [6.07, 6.45) is 2.79. The van der Waals surface area contributed by atoms with Gasteiger partial charge in [-0.2, -0.15) is 4.57 Å². The van der Waals surface area contributed by atoms with Crippen LogP contribution in [0.1, 0.15) is 21.6 Å². The van der Waals surface area contributed by atoms with Crippen LogP contribution >= 0.6 is 0 Å². The molecule has 0 aliphatic carbocycles. The highest BCUT2D eigenvalue weighted by atomic mass is 16.1. The largest absolute Gasteiger partial charge is 0.287 e. The number of benzene rings is 2. The van der Waals surface area contributed by atoms with Crippen LogP contribution in [0.2, 0.25) is 0 Å². The molecule has 108 valence electrons. The molecule has 3 aromatic rings. The van der Waals surface area contributed by atoms with E-state index in [4.69, 9.17) is 0 Å². The number of Topliss-reactive ketones (excluding diaryl/α,β-unsaturated/α-hetero) is 1. The van der Waals surface area contributed by atoms with Gasteiger partial charge in [0.15, 0.2) is 11.9 Å². The van der Waals surface area contributed by atoms with E-state index in [9.17, 15) is 4.79 Å². The third-order valence-electron chi connectivity index (χ3n) is 3.67. The van der Waals surface area contributed by atoms with Gasteiger partial charge in [-0.1, -0.05) is 66.7 Å². The fourth-order valence-electron chi connectivity index (χ4n) is 2.50. The van der Waals surface area contributed by atoms with Crippen LogP contribution in [0.3, 0.4) is 0 Å². The average Bonchev–Trinajstić information content (AvgIpc) is 2.58. The molecule has 2 heteroatoms. The highest BCUT2D eigenvalue weighted by Gasteiger charge is 2.16. The van der Waals surface area contributed by atoms with Gasteiger partial charge < -0.3 is 0 Å². The predicted molar refractivity (Wildman–Crippen MR) is 86.7 cm³/mol. The van der Waals surface area contributed by atoms with Crippen LogP contribution in [0.5, 0.6) is 0 Å². The van der Waals surface area contributed by atoms with Crippen LogP contribution in [-0.4, -0.2) is 5.78 Å². The molecule has 0 amide bonds. The maximum atomic E-state index is 12.4. The molecule has 2 aromatic carbocycles. The number of ketones is 1. The third kappa shape index (κ3) is 3.47. The summed E-state index contributed by atoms with van der Waals surface area (Å²) in [5, 5.41) is 0. The number of pyridine rings is 1. The molecule has 0 saturated heterocycles. The summed E-state index contributed by atoms with van der Waals surface area (Å²) in [4.78, 5) is 12.4. The van der Waals surface area contributed by atoms with Gasteiger partial charge in [0.05, 0.1) is 6.42 Å². The lowest BCUT2D eigenvalue weighted by atomic mass is 10.1. The molecule has 1 aromatic heterocycles. The summed E-state index contributed by atoms with van der Waals surface area (Å²) in [5.74, 6) is 0.131. The predicted octanol–water partition coefficient (Wildman–Crippen LogP) is 3.45. The highest BCUT2D eigenvalue weighted by Crippen LogP contribution is 2.06. The highest BCUT2D eigenvalue weighted by molar-refractivity contribution is 5.94. The molecule has 1 heterocycles. The fraction of sp³-hybridized carbons (Fsp3) is 0.100. The minimum atomic E-state index is 0.131. The summed E-state index contributed by atoms with van der Waals surface area (Å²) in [6, 6.07) is 25.8. The van der Waals surface area contributed by atoms with Gasteiger partial charge in [-0.15, -0.1) is 0 Å². The number of carbonyl (C=O) groups excluding carboxylic acids is 1. The van der Waals surface area contributed by atoms with Crippen LogP contribution in [0, 0.1) is 0 Å². The topological polar surface area (TPSA) is 20.9 Å². The molecular formula is C20H18NO+. The molecular weight excluding hydrogens is 270 g/mol. The van der Waals surface area contributed by atoms with Crippen LogP contribution < -0.4 is 4.57 Å². The van der Waals surface area contributed by atoms with Gasteiger partial charge >= 0.3 is 0 Å². The summed E-state index contributed by atoms with van der Waals surface area (Å²) >= 11 is 0. The van der Waals surface area contributed by atoms with Crippen LogP contribution in [-0.2, 0) is 13.0 Å². The maximum Gasteiger partial charge on any atom is 0.227 e. The van der Waals surface area contributed by atoms with Gasteiger partial charge in [0.25, 0.3) is 0 Å². The number of hydrogen-bond acceptors (Lipinski definition) is 1. The summed E-state index contributed by atoms with van der Waals surface area (Å²) in [6.45, 7) is 0.368. The first-order chi connectivity index (χ1) is 10.8. The van der Waals surface area contributed by atoms with E-state index in [2.05, 4.69) is 18.2 Å². The molecule has 0 spiro atoms. The summed E-state index contributed by atoms with van der Waals surface area (Å²) < 4.78 is 2.03. The monoisotopic (exact) mass is 288 g/mol. The van der Waals surface area contributed by atoms with Crippen molar-refractivity contribution in [3.05, 3.63) is 102 Å². The lowest BCUT2D eigenvalue weighted by molar-refractivity contribution is -0.690. The van der Waals surface area contributed by atoms with Crippen molar-refractivity contribution in [2.45, 2.75) is 13.0 Å². The van der Waals surface area contributed by atoms with Crippen molar-refractivity contribution in [3.63, 3.8) is 0 Å². The van der Waals surface area contributed by atoms with E-state index in [1.54, 1.807) is 0 Å². The number of carbonyl (C=O) groups is 1. The van der Waals surface area contributed by atoms with Gasteiger partial charge in [-0.05, 0) is 5.56 Å². The molecule has 0 aliphatic rings. The molecule has 0 atom stereocenters. The van der Waals surface area contributed by atoms with Gasteiger partial charge in [0.2, 0.25) is 12.3 Å². The van der Waals surface area contributed by atoms with Crippen molar-refractivity contribution < 1.29 is 9.36 Å². The molecule has 0 N–H and O–H groups in total. The second-order valence-electron chi connectivity index (χ2n) is 5.27. The minimum Gasteiger partial charge on any atom is -0.287 e. The number of rotatable bonds is 5. The number of nitrogens with zero attached hydrogens (tertiary/aromatic N) is 1. The second kappa shape index (κ2) is 6.81. The summed E-state index contributed by atoms with van der Waals surface area (Å²) in [5.41, 5.74) is 3.14. The first-order valence-electron chi connectivity index (χ1n) is 7.42. The number of aromatic nitrogens is 1. The fourth-order valence-corrected chi connectivity index (χ4v) is 2.50. The lowest BCUT2D eigenvalue weighted by Gasteiger charge is -2.04. The van der Waals surface area contributed by atoms with E-state index >= 15 is 0 Å². The Morgan fingerprint density at radius 1 is 0.773 bits per heavy atom. The van der Waals surface area contributed by atoms with E-state index in [-0.39, 0.29) is 5.78 Å². The molecule has 0 saturated carbocycles. The third-order valence-corrected chi connectivity index (χ3v) is 3.67. The Hall–Kier alpha value is -2.74. The van der Waals surface area contributed by atoms with Crippen molar-refractivity contribution in [2.75, 3.05) is 0 Å². The SMILES string of the molecule is O=C(C[n+]1ccccc1Cc1ccccc1)c1ccccc1. The number of hydrogen-bond donors (Lipinski definition) is 0. The molecule has 0 radical (unpaired) electrons. The molecule has 0 aliphatic heterocycles. The summed E-state index contributed by atoms with van der Waals surface area (Å²) in [7, 11) is 0. The van der Waals surface area contributed by atoms with E-state index in [0.717, 1.165) is 17.7 Å². The Balaban J connectivity index is 1.81. The Labute approximate surface area is 130 Å². The molecule has 22 heavy (non-hydrogen) atoms. The Kier molecular flexibility index (Phi) is 4.40. The van der Waals surface area contributed by atoms with Crippen LogP contribution in [0.15, 0.2) is 85.1 Å². The maximum absolute atomic E-state index is 12.4. The second-order valence-corrected chi connectivity index (χ2v) is 5.27. The smallest absolute Gasteiger partial charge is 0.227 e. The molecule has 2 nitrogen and oxygen atoms in total. The van der Waals surface area contributed by atoms with Crippen molar-refractivity contribution in [1.82, 2.24) is 0 Å². The van der Waals surface area contributed by atoms with E-state index in [1.807, 2.05) is 71.4 Å². The molecule has 0 unspecified atom stereocenters. The van der Waals surface area contributed by atoms with E-state index < -0.39 is 0 Å². The van der Waals surface area contributed by atoms with E-state index in [0.29, 0.717) is 6.54 Å². The zero-order valence-electron chi connectivity index (χ0n) is 12.4. The van der Waals surface area contributed by atoms with Crippen molar-refractivity contribution in [2.24, 2.45) is 0 Å². The molecule has 3 rings (SSSR count). The van der Waals surface area contributed by atoms with Crippen molar-refractivity contribution in [1.29, 1.82) is 0 Å². The molecule has 0 bridgehead atoms. The van der Waals surface area contributed by atoms with E-state index in [1.165, 1.54) is 5.56 Å². The minimum absolute atomic E-state index is 0.131. The zero-order chi connectivity index (χ0) is 15.2. The van der Waals surface area contributed by atoms with Gasteiger partial charge in [-0.3, -0.25) is 4.79 Å². The standard InChI is InChI=1S/C20H18NO/c22-20(18-11-5-2-6-12-18)16-21-14-8-7-13-19(21)15-17-9-3-1-4-10-17/h1-14H,15-16H2/q+1. The van der Waals surface area contributed by atoms with Crippen LogP contribution in [0.25, 0.3) is 0 Å². The Morgan fingerprint density at radius 2 is 1.41 bits per heavy atom. The van der Waals surface area contributed by atoms with Gasteiger partial charge in [0.1, 0.15) is 0 Å². The Morgan fingerprint density at radius 3 is 2.14 bits per heavy atom. The van der Waals surface area contributed by atoms with Crippen molar-refractivity contribution in [3.8, 4) is 0 Å². The Bertz CT molecular complexity index is 751. The average molecular weight is 288 g/mol. The van der Waals surface area contributed by atoms with Gasteiger partial charge in [0, 0.05) is 17.7 Å². The van der Waals surface area contributed by atoms with Crippen LogP contribution in [0.4, 0.5) is 0 Å².